The summed E-state index contributed by atoms with van der Waals surface area (Å²) >= 11 is 0. The Morgan fingerprint density at radius 2 is 1.93 bits per heavy atom. The fourth-order valence-electron chi connectivity index (χ4n) is 1.33. The molecule has 1 radical (unpaired) electrons. The van der Waals surface area contributed by atoms with Gasteiger partial charge in [0.15, 0.2) is 6.26 Å². The highest BCUT2D eigenvalue weighted by molar-refractivity contribution is 5.34. The van der Waals surface area contributed by atoms with E-state index in [-0.39, 0.29) is 0 Å². The second kappa shape index (κ2) is 3.54. The molecule has 1 aromatic carbocycles. The predicted octanol–water partition coefficient (Wildman–Crippen LogP) is 2.88. The van der Waals surface area contributed by atoms with Gasteiger partial charge in [0.25, 0.3) is 12.3 Å². The molecule has 0 saturated carbocycles. The third-order valence-electron chi connectivity index (χ3n) is 1.79. The van der Waals surface area contributed by atoms with Crippen LogP contribution in [0.25, 0.3) is 0 Å². The van der Waals surface area contributed by atoms with E-state index in [1.807, 2.05) is 26.0 Å². The number of hydrogen-bond acceptors (Lipinski definition) is 3. The first-order valence-electron chi connectivity index (χ1n) is 4.32. The van der Waals surface area contributed by atoms with Crippen molar-refractivity contribution in [2.45, 2.75) is 13.8 Å². The molecule has 2 aromatic rings. The van der Waals surface area contributed by atoms with Gasteiger partial charge in [-0.2, -0.15) is 4.98 Å². The lowest BCUT2D eigenvalue weighted by molar-refractivity contribution is 0.456. The first kappa shape index (κ1) is 8.81. The van der Waals surface area contributed by atoms with E-state index in [1.165, 1.54) is 6.26 Å². The second-order valence-corrected chi connectivity index (χ2v) is 3.20. The molecule has 1 heterocycles. The van der Waals surface area contributed by atoms with Crippen LogP contribution in [0, 0.1) is 20.2 Å². The van der Waals surface area contributed by atoms with Gasteiger partial charge in [0.2, 0.25) is 0 Å². The average molecular weight is 188 g/mol. The summed E-state index contributed by atoms with van der Waals surface area (Å²) < 4.78 is 10.1. The van der Waals surface area contributed by atoms with E-state index in [9.17, 15) is 0 Å². The number of nitrogens with zero attached hydrogens (tertiary/aromatic N) is 1. The van der Waals surface area contributed by atoms with Crippen LogP contribution in [-0.2, 0) is 0 Å². The van der Waals surface area contributed by atoms with Crippen LogP contribution in [0.1, 0.15) is 11.1 Å². The Bertz CT molecular complexity index is 401. The third kappa shape index (κ3) is 1.93. The lowest BCUT2D eigenvalue weighted by Crippen LogP contribution is -1.86. The van der Waals surface area contributed by atoms with Gasteiger partial charge in [0.05, 0.1) is 0 Å². The molecule has 0 atom stereocenters. The van der Waals surface area contributed by atoms with Crippen molar-refractivity contribution in [3.8, 4) is 11.6 Å². The van der Waals surface area contributed by atoms with Gasteiger partial charge in [-0.1, -0.05) is 6.07 Å². The van der Waals surface area contributed by atoms with Crippen LogP contribution in [0.5, 0.6) is 11.6 Å². The van der Waals surface area contributed by atoms with Gasteiger partial charge in [-0.15, -0.1) is 0 Å². The third-order valence-corrected chi connectivity index (χ3v) is 1.79. The first-order valence-corrected chi connectivity index (χ1v) is 4.32. The molecule has 0 unspecified atom stereocenters. The number of hydrogen-bond donors (Lipinski definition) is 0. The summed E-state index contributed by atoms with van der Waals surface area (Å²) in [5, 5.41) is 0. The molecule has 0 aliphatic heterocycles. The molecule has 0 aliphatic rings. The van der Waals surface area contributed by atoms with Crippen LogP contribution < -0.4 is 4.74 Å². The van der Waals surface area contributed by atoms with Gasteiger partial charge in [0.1, 0.15) is 5.75 Å². The van der Waals surface area contributed by atoms with Crippen LogP contribution in [0.3, 0.4) is 0 Å². The van der Waals surface area contributed by atoms with Gasteiger partial charge in [-0.3, -0.25) is 0 Å². The van der Waals surface area contributed by atoms with Crippen molar-refractivity contribution >= 4 is 0 Å². The molecule has 0 N–H and O–H groups in total. The zero-order valence-corrected chi connectivity index (χ0v) is 8.07. The van der Waals surface area contributed by atoms with E-state index in [0.29, 0.717) is 5.88 Å². The van der Waals surface area contributed by atoms with Crippen LogP contribution in [0.2, 0.25) is 0 Å². The monoisotopic (exact) mass is 188 g/mol. The molecule has 71 valence electrons. The number of aromatic nitrogens is 1. The molecular weight excluding hydrogens is 178 g/mol. The summed E-state index contributed by atoms with van der Waals surface area (Å²) in [7, 11) is 0. The minimum absolute atomic E-state index is 0.426. The molecule has 0 fully saturated rings. The van der Waals surface area contributed by atoms with E-state index in [0.717, 1.165) is 16.9 Å². The highest BCUT2D eigenvalue weighted by Gasteiger charge is 2.01. The van der Waals surface area contributed by atoms with Crippen molar-refractivity contribution < 1.29 is 9.15 Å². The van der Waals surface area contributed by atoms with Gasteiger partial charge in [0, 0.05) is 0 Å². The molecule has 3 heteroatoms. The van der Waals surface area contributed by atoms with Crippen LogP contribution >= 0.6 is 0 Å². The summed E-state index contributed by atoms with van der Waals surface area (Å²) in [5.41, 5.74) is 2.32. The van der Waals surface area contributed by atoms with E-state index < -0.39 is 0 Å². The summed E-state index contributed by atoms with van der Waals surface area (Å²) in [5.74, 6) is 1.19. The van der Waals surface area contributed by atoms with Crippen LogP contribution in [-0.4, -0.2) is 4.98 Å². The number of rotatable bonds is 2. The minimum Gasteiger partial charge on any atom is -0.437 e. The zero-order chi connectivity index (χ0) is 9.97. The molecule has 0 spiro atoms. The van der Waals surface area contributed by atoms with Crippen molar-refractivity contribution in [1.82, 2.24) is 4.98 Å². The Morgan fingerprint density at radius 3 is 2.50 bits per heavy atom. The summed E-state index contributed by atoms with van der Waals surface area (Å²) in [4.78, 5) is 3.76. The van der Waals surface area contributed by atoms with Crippen molar-refractivity contribution in [2.24, 2.45) is 0 Å². The predicted molar refractivity (Wildman–Crippen MR) is 51.3 cm³/mol. The fraction of sp³-hybridized carbons (Fsp3) is 0.182. The summed E-state index contributed by atoms with van der Waals surface area (Å²) in [6.45, 7) is 4.05. The second-order valence-electron chi connectivity index (χ2n) is 3.20. The van der Waals surface area contributed by atoms with Gasteiger partial charge in [-0.25, -0.2) is 0 Å². The molecule has 0 aliphatic carbocycles. The highest BCUT2D eigenvalue weighted by Crippen LogP contribution is 2.21. The van der Waals surface area contributed by atoms with Gasteiger partial charge in [-0.05, 0) is 37.1 Å². The van der Waals surface area contributed by atoms with Crippen molar-refractivity contribution in [3.05, 3.63) is 42.0 Å². The quantitative estimate of drug-likeness (QED) is 0.726. The van der Waals surface area contributed by atoms with E-state index in [1.54, 1.807) is 0 Å². The molecule has 0 bridgehead atoms. The van der Waals surface area contributed by atoms with E-state index in [4.69, 9.17) is 4.74 Å². The number of aryl methyl sites for hydroxylation is 2. The SMILES string of the molecule is Cc1cc(C)cc(Oc2co[c]n2)c1. The zero-order valence-electron chi connectivity index (χ0n) is 8.07. The molecule has 1 aromatic heterocycles. The van der Waals surface area contributed by atoms with Gasteiger partial charge >= 0.3 is 0 Å². The Morgan fingerprint density at radius 1 is 1.21 bits per heavy atom. The first-order chi connectivity index (χ1) is 6.74. The molecular formula is C11H10NO2. The van der Waals surface area contributed by atoms with Crippen LogP contribution in [0.4, 0.5) is 0 Å². The Balaban J connectivity index is 2.25. The normalized spacial score (nSPS) is 10.1. The summed E-state index contributed by atoms with van der Waals surface area (Å²) in [6, 6.07) is 5.98. The maximum Gasteiger partial charge on any atom is 0.287 e. The smallest absolute Gasteiger partial charge is 0.287 e. The number of oxazole rings is 1. The molecule has 14 heavy (non-hydrogen) atoms. The molecule has 0 amide bonds. The highest BCUT2D eigenvalue weighted by atomic mass is 16.5. The summed E-state index contributed by atoms with van der Waals surface area (Å²) in [6.07, 6.45) is 3.74. The minimum atomic E-state index is 0.426. The number of benzene rings is 1. The Labute approximate surface area is 82.3 Å². The topological polar surface area (TPSA) is 35.3 Å². The van der Waals surface area contributed by atoms with Crippen LogP contribution in [0.15, 0.2) is 28.9 Å². The molecule has 2 rings (SSSR count). The molecule has 3 nitrogen and oxygen atoms in total. The number of ether oxygens (including phenoxy) is 1. The van der Waals surface area contributed by atoms with E-state index in [2.05, 4.69) is 21.9 Å². The standard InChI is InChI=1S/C11H10NO2/c1-8-3-9(2)5-10(4-8)14-11-6-13-7-12-11/h3-6H,1-2H3. The van der Waals surface area contributed by atoms with Crippen molar-refractivity contribution in [2.75, 3.05) is 0 Å². The fourth-order valence-corrected chi connectivity index (χ4v) is 1.33. The lowest BCUT2D eigenvalue weighted by Gasteiger charge is -2.03. The molecule has 0 saturated heterocycles. The Kier molecular flexibility index (Phi) is 2.23. The van der Waals surface area contributed by atoms with E-state index >= 15 is 0 Å². The maximum absolute atomic E-state index is 5.44. The lowest BCUT2D eigenvalue weighted by atomic mass is 10.1. The van der Waals surface area contributed by atoms with Crippen molar-refractivity contribution in [1.29, 1.82) is 0 Å². The van der Waals surface area contributed by atoms with Gasteiger partial charge < -0.3 is 9.15 Å². The van der Waals surface area contributed by atoms with Crippen molar-refractivity contribution in [3.63, 3.8) is 0 Å². The largest absolute Gasteiger partial charge is 0.437 e. The Hall–Kier alpha value is -1.77. The maximum atomic E-state index is 5.44. The average Bonchev–Trinajstić information content (AvgIpc) is 2.54.